The van der Waals surface area contributed by atoms with E-state index in [0.717, 1.165) is 0 Å². The van der Waals surface area contributed by atoms with Crippen LogP contribution in [-0.2, 0) is 14.4 Å². The molecule has 5 heteroatoms. The number of rotatable bonds is 2. The van der Waals surface area contributed by atoms with E-state index in [1.54, 1.807) is 0 Å². The summed E-state index contributed by atoms with van der Waals surface area (Å²) >= 11 is 0. The molecule has 0 bridgehead atoms. The maximum Gasteiger partial charge on any atom is 0.231 e. The lowest BCUT2D eigenvalue weighted by molar-refractivity contribution is -0.128. The van der Waals surface area contributed by atoms with Gasteiger partial charge in [0.2, 0.25) is 11.8 Å². The maximum atomic E-state index is 11.4. The molecule has 0 aromatic rings. The average Bonchev–Trinajstić information content (AvgIpc) is 2.68. The number of amides is 2. The molecule has 2 fully saturated rings. The van der Waals surface area contributed by atoms with E-state index in [-0.39, 0.29) is 35.5 Å². The number of nitrogens with one attached hydrogen (secondary N) is 1. The van der Waals surface area contributed by atoms with Gasteiger partial charge >= 0.3 is 0 Å². The Morgan fingerprint density at radius 3 is 2.20 bits per heavy atom. The number of nitrogens with zero attached hydrogens (tertiary/aromatic N) is 1. The highest BCUT2D eigenvalue weighted by Crippen LogP contribution is 2.29. The first-order valence-corrected chi connectivity index (χ1v) is 5.10. The molecular weight excluding hydrogens is 196 g/mol. The van der Waals surface area contributed by atoms with Crippen LogP contribution < -0.4 is 5.32 Å². The number of carbonyl (C=O) groups excluding carboxylic acids is 3. The van der Waals surface area contributed by atoms with Crippen molar-refractivity contribution >= 4 is 17.6 Å². The third-order valence-electron chi connectivity index (χ3n) is 3.40. The Bertz CT molecular complexity index is 318. The predicted molar refractivity (Wildman–Crippen MR) is 51.8 cm³/mol. The quantitative estimate of drug-likeness (QED) is 0.604. The highest BCUT2D eigenvalue weighted by atomic mass is 16.2. The maximum absolute atomic E-state index is 11.4. The fourth-order valence-corrected chi connectivity index (χ4v) is 2.25. The molecule has 2 amide bonds. The Morgan fingerprint density at radius 2 is 1.80 bits per heavy atom. The smallest absolute Gasteiger partial charge is 0.231 e. The van der Waals surface area contributed by atoms with E-state index in [9.17, 15) is 14.4 Å². The van der Waals surface area contributed by atoms with Gasteiger partial charge in [0, 0.05) is 13.1 Å². The van der Waals surface area contributed by atoms with Crippen LogP contribution >= 0.6 is 0 Å². The molecule has 5 nitrogen and oxygen atoms in total. The molecule has 2 heterocycles. The summed E-state index contributed by atoms with van der Waals surface area (Å²) in [6, 6.07) is -0.198. The molecule has 82 valence electrons. The zero-order valence-corrected chi connectivity index (χ0v) is 8.82. The van der Waals surface area contributed by atoms with Gasteiger partial charge in [0.1, 0.15) is 5.78 Å². The Labute approximate surface area is 87.8 Å². The molecule has 0 aromatic heterocycles. The number of Topliss-reactive ketones (excluding diaryl/α,β-unsaturated/α-hetero) is 1. The van der Waals surface area contributed by atoms with E-state index in [2.05, 4.69) is 5.32 Å². The van der Waals surface area contributed by atoms with Gasteiger partial charge in [-0.05, 0) is 13.8 Å². The van der Waals surface area contributed by atoms with E-state index in [1.165, 1.54) is 6.92 Å². The largest absolute Gasteiger partial charge is 0.298 e. The van der Waals surface area contributed by atoms with Crippen LogP contribution in [0.25, 0.3) is 0 Å². The van der Waals surface area contributed by atoms with Crippen molar-refractivity contribution in [2.24, 2.45) is 11.8 Å². The van der Waals surface area contributed by atoms with Crippen molar-refractivity contribution in [1.82, 2.24) is 10.2 Å². The minimum atomic E-state index is -0.251. The van der Waals surface area contributed by atoms with Gasteiger partial charge < -0.3 is 0 Å². The van der Waals surface area contributed by atoms with Crippen LogP contribution in [0.3, 0.4) is 0 Å². The lowest BCUT2D eigenvalue weighted by Crippen LogP contribution is -2.39. The van der Waals surface area contributed by atoms with Crippen molar-refractivity contribution in [3.63, 3.8) is 0 Å². The molecular formula is C10H14N2O3. The first kappa shape index (κ1) is 10.3. The van der Waals surface area contributed by atoms with Crippen LogP contribution in [0.2, 0.25) is 0 Å². The number of fused-ring (bicyclic) bond motifs is 1. The highest BCUT2D eigenvalue weighted by molar-refractivity contribution is 6.05. The Hall–Kier alpha value is -1.23. The van der Waals surface area contributed by atoms with E-state index in [1.807, 2.05) is 11.8 Å². The second kappa shape index (κ2) is 3.41. The predicted octanol–water partition coefficient (Wildman–Crippen LogP) is -0.832. The third-order valence-corrected chi connectivity index (χ3v) is 3.40. The van der Waals surface area contributed by atoms with E-state index in [0.29, 0.717) is 13.1 Å². The lowest BCUT2D eigenvalue weighted by Gasteiger charge is -2.22. The normalized spacial score (nSPS) is 32.7. The summed E-state index contributed by atoms with van der Waals surface area (Å²) in [5.41, 5.74) is 0. The number of hydrogen-bond acceptors (Lipinski definition) is 4. The molecule has 2 aliphatic heterocycles. The molecule has 3 atom stereocenters. The molecule has 2 saturated heterocycles. The summed E-state index contributed by atoms with van der Waals surface area (Å²) in [5.74, 6) is -0.812. The number of imide groups is 1. The summed E-state index contributed by atoms with van der Waals surface area (Å²) < 4.78 is 0. The van der Waals surface area contributed by atoms with Gasteiger partial charge in [0.15, 0.2) is 0 Å². The van der Waals surface area contributed by atoms with Crippen LogP contribution in [0.4, 0.5) is 0 Å². The second-order valence-electron chi connectivity index (χ2n) is 4.31. The molecule has 0 aliphatic carbocycles. The van der Waals surface area contributed by atoms with Gasteiger partial charge in [0.25, 0.3) is 0 Å². The van der Waals surface area contributed by atoms with Crippen LogP contribution in [0, 0.1) is 11.8 Å². The number of ketones is 1. The summed E-state index contributed by atoms with van der Waals surface area (Å²) in [5, 5.41) is 2.32. The van der Waals surface area contributed by atoms with Gasteiger partial charge in [-0.1, -0.05) is 0 Å². The number of likely N-dealkylation sites (tertiary alicyclic amines) is 1. The Morgan fingerprint density at radius 1 is 1.33 bits per heavy atom. The number of hydrogen-bond donors (Lipinski definition) is 1. The standard InChI is InChI=1S/C10H14N2O3/c1-5(6(2)13)12-3-7-8(4-12)10(15)11-9(7)14/h5,7-8H,3-4H2,1-2H3,(H,11,14,15)/t5?,7-,8+. The molecule has 2 aliphatic rings. The van der Waals surface area contributed by atoms with Crippen molar-refractivity contribution in [1.29, 1.82) is 0 Å². The molecule has 0 radical (unpaired) electrons. The van der Waals surface area contributed by atoms with Gasteiger partial charge in [-0.15, -0.1) is 0 Å². The van der Waals surface area contributed by atoms with Crippen molar-refractivity contribution in [3.05, 3.63) is 0 Å². The summed E-state index contributed by atoms with van der Waals surface area (Å²) in [4.78, 5) is 35.8. The van der Waals surface area contributed by atoms with Gasteiger partial charge in [-0.3, -0.25) is 24.6 Å². The van der Waals surface area contributed by atoms with Gasteiger partial charge in [0.05, 0.1) is 17.9 Å². The van der Waals surface area contributed by atoms with Crippen molar-refractivity contribution < 1.29 is 14.4 Å². The Kier molecular flexibility index (Phi) is 2.34. The summed E-state index contributed by atoms with van der Waals surface area (Å²) in [6.07, 6.45) is 0. The monoisotopic (exact) mass is 210 g/mol. The zero-order valence-electron chi connectivity index (χ0n) is 8.82. The zero-order chi connectivity index (χ0) is 11.2. The average molecular weight is 210 g/mol. The van der Waals surface area contributed by atoms with Gasteiger partial charge in [-0.25, -0.2) is 0 Å². The first-order valence-electron chi connectivity index (χ1n) is 5.10. The van der Waals surface area contributed by atoms with E-state index in [4.69, 9.17) is 0 Å². The Balaban J connectivity index is 2.10. The van der Waals surface area contributed by atoms with Crippen LogP contribution in [0.15, 0.2) is 0 Å². The van der Waals surface area contributed by atoms with E-state index < -0.39 is 0 Å². The van der Waals surface area contributed by atoms with Crippen LogP contribution in [0.1, 0.15) is 13.8 Å². The van der Waals surface area contributed by atoms with Crippen molar-refractivity contribution in [3.8, 4) is 0 Å². The molecule has 0 saturated carbocycles. The summed E-state index contributed by atoms with van der Waals surface area (Å²) in [6.45, 7) is 4.37. The summed E-state index contributed by atoms with van der Waals surface area (Å²) in [7, 11) is 0. The van der Waals surface area contributed by atoms with Crippen molar-refractivity contribution in [2.45, 2.75) is 19.9 Å². The minimum Gasteiger partial charge on any atom is -0.298 e. The third kappa shape index (κ3) is 1.56. The van der Waals surface area contributed by atoms with Crippen molar-refractivity contribution in [2.75, 3.05) is 13.1 Å². The minimum absolute atomic E-state index is 0.0721. The van der Waals surface area contributed by atoms with Gasteiger partial charge in [-0.2, -0.15) is 0 Å². The highest BCUT2D eigenvalue weighted by Gasteiger charge is 2.48. The fraction of sp³-hybridized carbons (Fsp3) is 0.700. The first-order chi connectivity index (χ1) is 7.00. The SMILES string of the molecule is CC(=O)C(C)N1C[C@@H]2C(=O)NC(=O)[C@@H]2C1. The van der Waals surface area contributed by atoms with Crippen LogP contribution in [0.5, 0.6) is 0 Å². The molecule has 0 spiro atoms. The van der Waals surface area contributed by atoms with E-state index >= 15 is 0 Å². The molecule has 0 aromatic carbocycles. The van der Waals surface area contributed by atoms with Crippen LogP contribution in [-0.4, -0.2) is 41.6 Å². The molecule has 1 N–H and O–H groups in total. The molecule has 15 heavy (non-hydrogen) atoms. The lowest BCUT2D eigenvalue weighted by atomic mass is 10.00. The fourth-order valence-electron chi connectivity index (χ4n) is 2.25. The topological polar surface area (TPSA) is 66.5 Å². The molecule has 1 unspecified atom stereocenters. The second-order valence-corrected chi connectivity index (χ2v) is 4.31. The number of carbonyl (C=O) groups is 3. The molecule has 2 rings (SSSR count).